The van der Waals surface area contributed by atoms with E-state index >= 15 is 0 Å². The second-order valence-electron chi connectivity index (χ2n) is 7.01. The molecule has 1 N–H and O–H groups in total. The van der Waals surface area contributed by atoms with Gasteiger partial charge in [0.2, 0.25) is 5.43 Å². The van der Waals surface area contributed by atoms with E-state index in [0.29, 0.717) is 21.7 Å². The molecule has 3 heterocycles. The number of phenolic OH excluding ortho intramolecular Hbond substituents is 1. The number of fused-ring (bicyclic) bond motifs is 3. The van der Waals surface area contributed by atoms with Gasteiger partial charge in [-0.1, -0.05) is 29.8 Å². The summed E-state index contributed by atoms with van der Waals surface area (Å²) in [4.78, 5) is 29.5. The monoisotopic (exact) mass is 419 g/mol. The first-order valence-corrected chi connectivity index (χ1v) is 9.58. The number of rotatable bonds is 2. The number of aromatic nitrogens is 1. The van der Waals surface area contributed by atoms with E-state index in [0.717, 1.165) is 5.56 Å². The van der Waals surface area contributed by atoms with Gasteiger partial charge >= 0.3 is 5.97 Å². The molecule has 0 spiro atoms. The minimum absolute atomic E-state index is 0.0352. The zero-order valence-electron chi connectivity index (χ0n) is 15.5. The van der Waals surface area contributed by atoms with Crippen molar-refractivity contribution in [2.45, 2.75) is 12.3 Å². The first-order valence-electron chi connectivity index (χ1n) is 9.21. The first kappa shape index (κ1) is 18.4. The van der Waals surface area contributed by atoms with Crippen molar-refractivity contribution in [1.82, 2.24) is 4.98 Å². The third-order valence-corrected chi connectivity index (χ3v) is 5.46. The fourth-order valence-electron chi connectivity index (χ4n) is 3.83. The molecule has 2 aromatic heterocycles. The lowest BCUT2D eigenvalue weighted by Crippen LogP contribution is -2.22. The average Bonchev–Trinajstić information content (AvgIpc) is 2.74. The van der Waals surface area contributed by atoms with Gasteiger partial charge in [0.15, 0.2) is 0 Å². The molecule has 30 heavy (non-hydrogen) atoms. The van der Waals surface area contributed by atoms with Crippen LogP contribution >= 0.6 is 11.6 Å². The van der Waals surface area contributed by atoms with Crippen molar-refractivity contribution in [3.8, 4) is 22.6 Å². The summed E-state index contributed by atoms with van der Waals surface area (Å²) in [5, 5.41) is 11.2. The Kier molecular flexibility index (Phi) is 4.29. The third-order valence-electron chi connectivity index (χ3n) is 5.21. The van der Waals surface area contributed by atoms with Crippen molar-refractivity contribution in [3.63, 3.8) is 0 Å². The Labute approximate surface area is 175 Å². The van der Waals surface area contributed by atoms with Crippen LogP contribution in [0.4, 0.5) is 0 Å². The van der Waals surface area contributed by atoms with Crippen LogP contribution in [0.25, 0.3) is 22.1 Å². The van der Waals surface area contributed by atoms with Gasteiger partial charge < -0.3 is 14.3 Å². The van der Waals surface area contributed by atoms with Crippen molar-refractivity contribution in [3.05, 3.63) is 87.5 Å². The average molecular weight is 420 g/mol. The van der Waals surface area contributed by atoms with Crippen molar-refractivity contribution in [2.24, 2.45) is 0 Å². The highest BCUT2D eigenvalue weighted by molar-refractivity contribution is 6.30. The predicted octanol–water partition coefficient (Wildman–Crippen LogP) is 4.66. The van der Waals surface area contributed by atoms with Gasteiger partial charge in [-0.25, -0.2) is 0 Å². The number of aromatic hydroxyl groups is 1. The standard InChI is InChI=1S/C23H14ClNO5/c24-14-5-3-12(4-6-14)16-11-29-23-20-15(13-2-1-7-25-10-13)8-19(27)30-18(20)9-17(26)21(23)22(16)28/h1-7,9-11,15,26H,8H2/t15-/m1/s1. The molecule has 0 amide bonds. The highest BCUT2D eigenvalue weighted by Crippen LogP contribution is 2.45. The Morgan fingerprint density at radius 2 is 1.93 bits per heavy atom. The normalized spacial score (nSPS) is 15.6. The van der Waals surface area contributed by atoms with Crippen LogP contribution in [0, 0.1) is 0 Å². The largest absolute Gasteiger partial charge is 0.507 e. The number of ether oxygens (including phenoxy) is 1. The fraction of sp³-hybridized carbons (Fsp3) is 0.0870. The molecule has 2 aromatic carbocycles. The van der Waals surface area contributed by atoms with E-state index in [1.54, 1.807) is 42.7 Å². The Morgan fingerprint density at radius 1 is 1.13 bits per heavy atom. The van der Waals surface area contributed by atoms with Gasteiger partial charge in [-0.2, -0.15) is 0 Å². The predicted molar refractivity (Wildman–Crippen MR) is 111 cm³/mol. The molecule has 1 atom stereocenters. The van der Waals surface area contributed by atoms with Gasteiger partial charge in [0, 0.05) is 35.0 Å². The lowest BCUT2D eigenvalue weighted by atomic mass is 9.85. The lowest BCUT2D eigenvalue weighted by molar-refractivity contribution is -0.135. The number of benzene rings is 2. The summed E-state index contributed by atoms with van der Waals surface area (Å²) in [6.07, 6.45) is 4.72. The summed E-state index contributed by atoms with van der Waals surface area (Å²) in [5.41, 5.74) is 2.03. The highest BCUT2D eigenvalue weighted by Gasteiger charge is 2.33. The smallest absolute Gasteiger partial charge is 0.312 e. The number of pyridine rings is 1. The Bertz CT molecular complexity index is 1350. The molecule has 0 fully saturated rings. The molecule has 0 saturated carbocycles. The fourth-order valence-corrected chi connectivity index (χ4v) is 3.95. The molecule has 6 nitrogen and oxygen atoms in total. The van der Waals surface area contributed by atoms with Crippen molar-refractivity contribution >= 4 is 28.5 Å². The molecule has 0 radical (unpaired) electrons. The summed E-state index contributed by atoms with van der Waals surface area (Å²) >= 11 is 5.94. The number of hydrogen-bond acceptors (Lipinski definition) is 6. The summed E-state index contributed by atoms with van der Waals surface area (Å²) in [5.74, 6) is -0.988. The number of carbonyl (C=O) groups is 1. The summed E-state index contributed by atoms with van der Waals surface area (Å²) in [7, 11) is 0. The minimum atomic E-state index is -0.435. The molecule has 1 aliphatic rings. The maximum Gasteiger partial charge on any atom is 0.312 e. The van der Waals surface area contributed by atoms with Crippen molar-refractivity contribution in [1.29, 1.82) is 0 Å². The first-order chi connectivity index (χ1) is 14.5. The molecule has 4 aromatic rings. The maximum atomic E-state index is 13.3. The quantitative estimate of drug-likeness (QED) is 0.375. The molecule has 0 unspecified atom stereocenters. The molecule has 7 heteroatoms. The van der Waals surface area contributed by atoms with Crippen LogP contribution in [0.3, 0.4) is 0 Å². The third kappa shape index (κ3) is 2.93. The van der Waals surface area contributed by atoms with E-state index < -0.39 is 11.9 Å². The summed E-state index contributed by atoms with van der Waals surface area (Å²) in [6.45, 7) is 0. The van der Waals surface area contributed by atoms with Gasteiger partial charge in [-0.15, -0.1) is 0 Å². The number of esters is 1. The van der Waals surface area contributed by atoms with E-state index in [4.69, 9.17) is 20.8 Å². The summed E-state index contributed by atoms with van der Waals surface area (Å²) < 4.78 is 11.2. The molecule has 0 aliphatic carbocycles. The SMILES string of the molecule is O=C1C[C@H](c2cccnc2)c2c(cc(O)c3c(=O)c(-c4ccc(Cl)cc4)coc23)O1. The molecular formula is C23H14ClNO5. The van der Waals surface area contributed by atoms with E-state index in [1.807, 2.05) is 6.07 Å². The van der Waals surface area contributed by atoms with Crippen molar-refractivity contribution < 1.29 is 19.1 Å². The zero-order valence-corrected chi connectivity index (χ0v) is 16.2. The van der Waals surface area contributed by atoms with Gasteiger partial charge in [-0.3, -0.25) is 14.6 Å². The van der Waals surface area contributed by atoms with Crippen LogP contribution in [0.2, 0.25) is 5.02 Å². The van der Waals surface area contributed by atoms with Crippen LogP contribution in [-0.2, 0) is 4.79 Å². The van der Waals surface area contributed by atoms with Crippen LogP contribution < -0.4 is 10.2 Å². The van der Waals surface area contributed by atoms with E-state index in [1.165, 1.54) is 12.3 Å². The Hall–Kier alpha value is -3.64. The molecule has 148 valence electrons. The highest BCUT2D eigenvalue weighted by atomic mass is 35.5. The van der Waals surface area contributed by atoms with E-state index in [9.17, 15) is 14.7 Å². The van der Waals surface area contributed by atoms with Crippen LogP contribution in [-0.4, -0.2) is 16.1 Å². The second-order valence-corrected chi connectivity index (χ2v) is 7.45. The number of nitrogens with zero attached hydrogens (tertiary/aromatic N) is 1. The number of hydrogen-bond donors (Lipinski definition) is 1. The maximum absolute atomic E-state index is 13.3. The van der Waals surface area contributed by atoms with Gasteiger partial charge in [0.05, 0.1) is 12.0 Å². The van der Waals surface area contributed by atoms with E-state index in [2.05, 4.69) is 4.98 Å². The number of phenols is 1. The van der Waals surface area contributed by atoms with E-state index in [-0.39, 0.29) is 34.3 Å². The molecule has 1 aliphatic heterocycles. The van der Waals surface area contributed by atoms with Crippen LogP contribution in [0.5, 0.6) is 11.5 Å². The molecule has 0 bridgehead atoms. The molecular weight excluding hydrogens is 406 g/mol. The zero-order chi connectivity index (χ0) is 20.8. The molecule has 5 rings (SSSR count). The number of halogens is 1. The Morgan fingerprint density at radius 3 is 2.67 bits per heavy atom. The van der Waals surface area contributed by atoms with Crippen molar-refractivity contribution in [2.75, 3.05) is 0 Å². The van der Waals surface area contributed by atoms with Crippen LogP contribution in [0.15, 0.2) is 70.3 Å². The van der Waals surface area contributed by atoms with Crippen LogP contribution in [0.1, 0.15) is 23.5 Å². The lowest BCUT2D eigenvalue weighted by Gasteiger charge is -2.25. The second kappa shape index (κ2) is 7.00. The number of carbonyl (C=O) groups excluding carboxylic acids is 1. The minimum Gasteiger partial charge on any atom is -0.507 e. The topological polar surface area (TPSA) is 89.6 Å². The van der Waals surface area contributed by atoms with Gasteiger partial charge in [0.25, 0.3) is 0 Å². The summed E-state index contributed by atoms with van der Waals surface area (Å²) in [6, 6.07) is 11.7. The van der Waals surface area contributed by atoms with Gasteiger partial charge in [-0.05, 0) is 29.3 Å². The Balaban J connectivity index is 1.79. The molecule has 0 saturated heterocycles. The van der Waals surface area contributed by atoms with Gasteiger partial charge in [0.1, 0.15) is 28.7 Å².